The molecular formula is C10H21NO2. The molecule has 0 heterocycles. The van der Waals surface area contributed by atoms with Crippen LogP contribution in [0.4, 0.5) is 0 Å². The van der Waals surface area contributed by atoms with Crippen LogP contribution in [0, 0.1) is 0 Å². The van der Waals surface area contributed by atoms with Crippen molar-refractivity contribution in [2.24, 2.45) is 0 Å². The standard InChI is InChI=1S/C10H21NO2/c1-9(12)5-4-7-11(3)8-6-10(2)13/h10,13H,4-8H2,1-3H3. The molecule has 3 nitrogen and oxygen atoms in total. The van der Waals surface area contributed by atoms with E-state index in [1.165, 1.54) is 0 Å². The fourth-order valence-electron chi connectivity index (χ4n) is 1.12. The summed E-state index contributed by atoms with van der Waals surface area (Å²) in [5.41, 5.74) is 0. The number of nitrogens with zero attached hydrogens (tertiary/aromatic N) is 1. The highest BCUT2D eigenvalue weighted by Gasteiger charge is 2.01. The lowest BCUT2D eigenvalue weighted by molar-refractivity contribution is -0.117. The molecule has 0 saturated heterocycles. The van der Waals surface area contributed by atoms with Gasteiger partial charge in [0.25, 0.3) is 0 Å². The maximum atomic E-state index is 10.6. The van der Waals surface area contributed by atoms with Gasteiger partial charge in [0.2, 0.25) is 0 Å². The van der Waals surface area contributed by atoms with E-state index in [9.17, 15) is 4.79 Å². The molecule has 0 aromatic rings. The average Bonchev–Trinajstić information content (AvgIpc) is 2.00. The summed E-state index contributed by atoms with van der Waals surface area (Å²) in [5.74, 6) is 0.254. The van der Waals surface area contributed by atoms with E-state index in [2.05, 4.69) is 4.90 Å². The number of carbonyl (C=O) groups excluding carboxylic acids is 1. The number of hydrogen-bond donors (Lipinski definition) is 1. The lowest BCUT2D eigenvalue weighted by atomic mass is 10.2. The zero-order valence-electron chi connectivity index (χ0n) is 8.92. The summed E-state index contributed by atoms with van der Waals surface area (Å²) in [6.45, 7) is 5.25. The van der Waals surface area contributed by atoms with Crippen molar-refractivity contribution in [1.82, 2.24) is 4.90 Å². The SMILES string of the molecule is CC(=O)CCCN(C)CCC(C)O. The Bertz CT molecular complexity index is 146. The summed E-state index contributed by atoms with van der Waals surface area (Å²) in [6.07, 6.45) is 2.16. The predicted molar refractivity (Wildman–Crippen MR) is 53.7 cm³/mol. The zero-order valence-corrected chi connectivity index (χ0v) is 8.92. The van der Waals surface area contributed by atoms with Gasteiger partial charge in [-0.1, -0.05) is 0 Å². The molecule has 0 aromatic carbocycles. The molecule has 1 atom stereocenters. The fraction of sp³-hybridized carbons (Fsp3) is 0.900. The Morgan fingerprint density at radius 2 is 2.08 bits per heavy atom. The van der Waals surface area contributed by atoms with E-state index < -0.39 is 0 Å². The average molecular weight is 187 g/mol. The van der Waals surface area contributed by atoms with Gasteiger partial charge in [0.1, 0.15) is 5.78 Å². The molecule has 1 unspecified atom stereocenters. The minimum absolute atomic E-state index is 0.227. The van der Waals surface area contributed by atoms with Crippen LogP contribution in [0.5, 0.6) is 0 Å². The van der Waals surface area contributed by atoms with E-state index in [1.54, 1.807) is 13.8 Å². The van der Waals surface area contributed by atoms with Gasteiger partial charge in [-0.2, -0.15) is 0 Å². The van der Waals surface area contributed by atoms with E-state index in [4.69, 9.17) is 5.11 Å². The number of hydrogen-bond acceptors (Lipinski definition) is 3. The van der Waals surface area contributed by atoms with E-state index >= 15 is 0 Å². The summed E-state index contributed by atoms with van der Waals surface area (Å²) in [7, 11) is 2.02. The van der Waals surface area contributed by atoms with Crippen LogP contribution in [0.25, 0.3) is 0 Å². The molecule has 0 aliphatic rings. The highest BCUT2D eigenvalue weighted by Crippen LogP contribution is 1.97. The number of carbonyl (C=O) groups is 1. The molecule has 0 saturated carbocycles. The molecule has 78 valence electrons. The zero-order chi connectivity index (χ0) is 10.3. The first-order valence-electron chi connectivity index (χ1n) is 4.88. The highest BCUT2D eigenvalue weighted by atomic mass is 16.3. The second kappa shape index (κ2) is 7.04. The van der Waals surface area contributed by atoms with Crippen LogP contribution < -0.4 is 0 Å². The maximum Gasteiger partial charge on any atom is 0.129 e. The predicted octanol–water partition coefficient (Wildman–Crippen LogP) is 1.06. The van der Waals surface area contributed by atoms with Crippen molar-refractivity contribution in [3.8, 4) is 0 Å². The lowest BCUT2D eigenvalue weighted by Crippen LogP contribution is -2.23. The van der Waals surface area contributed by atoms with Crippen LogP contribution in [0.15, 0.2) is 0 Å². The van der Waals surface area contributed by atoms with Crippen LogP contribution in [0.1, 0.15) is 33.1 Å². The molecule has 13 heavy (non-hydrogen) atoms. The van der Waals surface area contributed by atoms with Gasteiger partial charge in [0.15, 0.2) is 0 Å². The summed E-state index contributed by atoms with van der Waals surface area (Å²) in [6, 6.07) is 0. The molecule has 0 amide bonds. The monoisotopic (exact) mass is 187 g/mol. The van der Waals surface area contributed by atoms with Gasteiger partial charge in [-0.3, -0.25) is 0 Å². The molecule has 3 heteroatoms. The first-order chi connectivity index (χ1) is 6.02. The third-order valence-electron chi connectivity index (χ3n) is 2.00. The normalized spacial score (nSPS) is 13.3. The van der Waals surface area contributed by atoms with Gasteiger partial charge < -0.3 is 14.8 Å². The third-order valence-corrected chi connectivity index (χ3v) is 2.00. The van der Waals surface area contributed by atoms with Gasteiger partial charge in [-0.25, -0.2) is 0 Å². The van der Waals surface area contributed by atoms with E-state index in [-0.39, 0.29) is 11.9 Å². The molecule has 1 N–H and O–H groups in total. The van der Waals surface area contributed by atoms with Crippen molar-refractivity contribution in [1.29, 1.82) is 0 Å². The highest BCUT2D eigenvalue weighted by molar-refractivity contribution is 5.75. The minimum Gasteiger partial charge on any atom is -0.393 e. The van der Waals surface area contributed by atoms with Gasteiger partial charge in [0.05, 0.1) is 6.10 Å². The second-order valence-corrected chi connectivity index (χ2v) is 3.75. The van der Waals surface area contributed by atoms with Crippen molar-refractivity contribution in [2.45, 2.75) is 39.2 Å². The lowest BCUT2D eigenvalue weighted by Gasteiger charge is -2.16. The van der Waals surface area contributed by atoms with E-state index in [0.29, 0.717) is 6.42 Å². The molecule has 0 spiro atoms. The van der Waals surface area contributed by atoms with Crippen LogP contribution >= 0.6 is 0 Å². The minimum atomic E-state index is -0.227. The van der Waals surface area contributed by atoms with Crippen molar-refractivity contribution < 1.29 is 9.90 Å². The Morgan fingerprint density at radius 3 is 2.54 bits per heavy atom. The van der Waals surface area contributed by atoms with Gasteiger partial charge in [-0.05, 0) is 40.3 Å². The first-order valence-corrected chi connectivity index (χ1v) is 4.88. The molecule has 0 rings (SSSR count). The van der Waals surface area contributed by atoms with Crippen molar-refractivity contribution in [3.05, 3.63) is 0 Å². The van der Waals surface area contributed by atoms with E-state index in [0.717, 1.165) is 25.9 Å². The molecule has 0 aromatic heterocycles. The second-order valence-electron chi connectivity index (χ2n) is 3.75. The van der Waals surface area contributed by atoms with Gasteiger partial charge in [0, 0.05) is 13.0 Å². The van der Waals surface area contributed by atoms with Crippen molar-refractivity contribution >= 4 is 5.78 Å². The number of aliphatic hydroxyl groups excluding tert-OH is 1. The quantitative estimate of drug-likeness (QED) is 0.648. The van der Waals surface area contributed by atoms with Gasteiger partial charge >= 0.3 is 0 Å². The largest absolute Gasteiger partial charge is 0.393 e. The first kappa shape index (κ1) is 12.6. The number of ketones is 1. The molecule has 0 fully saturated rings. The number of aliphatic hydroxyl groups is 1. The number of Topliss-reactive ketones (excluding diaryl/α,β-unsaturated/α-hetero) is 1. The smallest absolute Gasteiger partial charge is 0.129 e. The summed E-state index contributed by atoms with van der Waals surface area (Å²) < 4.78 is 0. The molecule has 0 aliphatic heterocycles. The molecule has 0 bridgehead atoms. The van der Waals surface area contributed by atoms with E-state index in [1.807, 2.05) is 7.05 Å². The Kier molecular flexibility index (Phi) is 6.82. The summed E-state index contributed by atoms with van der Waals surface area (Å²) in [4.78, 5) is 12.8. The Hall–Kier alpha value is -0.410. The molecular weight excluding hydrogens is 166 g/mol. The Labute approximate surface area is 80.7 Å². The Balaban J connectivity index is 3.29. The maximum absolute atomic E-state index is 10.6. The summed E-state index contributed by atoms with van der Waals surface area (Å²) in [5, 5.41) is 9.03. The fourth-order valence-corrected chi connectivity index (χ4v) is 1.12. The van der Waals surface area contributed by atoms with Crippen LogP contribution in [0.2, 0.25) is 0 Å². The number of rotatable bonds is 7. The van der Waals surface area contributed by atoms with Crippen LogP contribution in [0.3, 0.4) is 0 Å². The van der Waals surface area contributed by atoms with Crippen LogP contribution in [-0.4, -0.2) is 42.0 Å². The van der Waals surface area contributed by atoms with Gasteiger partial charge in [-0.15, -0.1) is 0 Å². The van der Waals surface area contributed by atoms with Crippen LogP contribution in [-0.2, 0) is 4.79 Å². The third kappa shape index (κ3) is 9.50. The Morgan fingerprint density at radius 1 is 1.46 bits per heavy atom. The molecule has 0 radical (unpaired) electrons. The summed E-state index contributed by atoms with van der Waals surface area (Å²) >= 11 is 0. The van der Waals surface area contributed by atoms with Crippen molar-refractivity contribution in [2.75, 3.05) is 20.1 Å². The topological polar surface area (TPSA) is 40.5 Å². The molecule has 0 aliphatic carbocycles. The van der Waals surface area contributed by atoms with Crippen molar-refractivity contribution in [3.63, 3.8) is 0 Å².